The standard InChI is InChI=1S/C12H22N2OS/c1-4-5-6-8-12(2,3)13-11(15)14-9-7-10-16-14/h7,9H,4-6,8,10H2,1-3H3,(H,13,15). The Hall–Kier alpha value is -0.640. The summed E-state index contributed by atoms with van der Waals surface area (Å²) in [6, 6.07) is 0.000230. The van der Waals surface area contributed by atoms with E-state index in [2.05, 4.69) is 26.1 Å². The van der Waals surface area contributed by atoms with Gasteiger partial charge in [0.25, 0.3) is 0 Å². The van der Waals surface area contributed by atoms with Gasteiger partial charge in [0.05, 0.1) is 0 Å². The number of urea groups is 1. The first-order chi connectivity index (χ1) is 7.55. The Balaban J connectivity index is 2.32. The Morgan fingerprint density at radius 2 is 2.25 bits per heavy atom. The van der Waals surface area contributed by atoms with Crippen molar-refractivity contribution in [2.45, 2.75) is 52.0 Å². The average molecular weight is 242 g/mol. The zero-order valence-corrected chi connectivity index (χ0v) is 11.3. The van der Waals surface area contributed by atoms with Crippen molar-refractivity contribution in [1.82, 2.24) is 9.62 Å². The highest BCUT2D eigenvalue weighted by Crippen LogP contribution is 2.20. The molecule has 3 nitrogen and oxygen atoms in total. The van der Waals surface area contributed by atoms with Gasteiger partial charge in [-0.05, 0) is 32.2 Å². The number of hydrogen-bond acceptors (Lipinski definition) is 2. The van der Waals surface area contributed by atoms with Gasteiger partial charge in [-0.25, -0.2) is 9.10 Å². The van der Waals surface area contributed by atoms with Crippen LogP contribution in [0, 0.1) is 0 Å². The van der Waals surface area contributed by atoms with Crippen molar-refractivity contribution >= 4 is 18.0 Å². The van der Waals surface area contributed by atoms with Gasteiger partial charge in [0, 0.05) is 17.5 Å². The molecule has 1 rings (SSSR count). The van der Waals surface area contributed by atoms with E-state index in [9.17, 15) is 4.79 Å². The van der Waals surface area contributed by atoms with Crippen molar-refractivity contribution in [3.8, 4) is 0 Å². The number of carbonyl (C=O) groups excluding carboxylic acids is 1. The summed E-state index contributed by atoms with van der Waals surface area (Å²) >= 11 is 1.53. The molecule has 0 atom stereocenters. The first-order valence-electron chi connectivity index (χ1n) is 5.96. The van der Waals surface area contributed by atoms with Crippen molar-refractivity contribution in [3.63, 3.8) is 0 Å². The smallest absolute Gasteiger partial charge is 0.331 e. The van der Waals surface area contributed by atoms with Crippen molar-refractivity contribution in [2.75, 3.05) is 5.75 Å². The van der Waals surface area contributed by atoms with E-state index in [1.165, 1.54) is 31.2 Å². The highest BCUT2D eigenvalue weighted by Gasteiger charge is 2.23. The third-order valence-electron chi connectivity index (χ3n) is 2.60. The Morgan fingerprint density at radius 1 is 1.50 bits per heavy atom. The second-order valence-corrected chi connectivity index (χ2v) is 5.76. The molecule has 1 aliphatic rings. The summed E-state index contributed by atoms with van der Waals surface area (Å²) in [6.45, 7) is 6.37. The van der Waals surface area contributed by atoms with E-state index in [1.54, 1.807) is 4.31 Å². The number of hydrogen-bond donors (Lipinski definition) is 1. The highest BCUT2D eigenvalue weighted by molar-refractivity contribution is 7.98. The molecule has 0 aromatic carbocycles. The van der Waals surface area contributed by atoms with Crippen LogP contribution in [0.15, 0.2) is 12.3 Å². The molecule has 92 valence electrons. The number of amides is 2. The molecule has 0 spiro atoms. The van der Waals surface area contributed by atoms with E-state index in [0.29, 0.717) is 0 Å². The van der Waals surface area contributed by atoms with Gasteiger partial charge < -0.3 is 5.32 Å². The topological polar surface area (TPSA) is 32.3 Å². The summed E-state index contributed by atoms with van der Waals surface area (Å²) in [5, 5.41) is 3.07. The minimum absolute atomic E-state index is 0.000230. The van der Waals surface area contributed by atoms with Gasteiger partial charge >= 0.3 is 6.03 Å². The fourth-order valence-corrected chi connectivity index (χ4v) is 2.32. The molecule has 0 saturated carbocycles. The first-order valence-corrected chi connectivity index (χ1v) is 6.90. The molecular weight excluding hydrogens is 220 g/mol. The zero-order valence-electron chi connectivity index (χ0n) is 10.5. The first kappa shape index (κ1) is 13.4. The van der Waals surface area contributed by atoms with Crippen LogP contribution in [0.1, 0.15) is 46.5 Å². The second-order valence-electron chi connectivity index (χ2n) is 4.78. The number of rotatable bonds is 5. The quantitative estimate of drug-likeness (QED) is 0.591. The monoisotopic (exact) mass is 242 g/mol. The zero-order chi connectivity index (χ0) is 12.0. The van der Waals surface area contributed by atoms with Crippen LogP contribution in [-0.2, 0) is 0 Å². The molecular formula is C12H22N2OS. The van der Waals surface area contributed by atoms with Crippen LogP contribution in [0.4, 0.5) is 4.79 Å². The lowest BCUT2D eigenvalue weighted by Crippen LogP contribution is -2.46. The van der Waals surface area contributed by atoms with Gasteiger partial charge in [-0.15, -0.1) is 0 Å². The van der Waals surface area contributed by atoms with Crippen LogP contribution in [0.2, 0.25) is 0 Å². The summed E-state index contributed by atoms with van der Waals surface area (Å²) < 4.78 is 1.67. The molecule has 1 heterocycles. The Kier molecular flexibility index (Phi) is 5.19. The molecule has 0 radical (unpaired) electrons. The molecule has 0 fully saturated rings. The molecule has 0 aliphatic carbocycles. The predicted molar refractivity (Wildman–Crippen MR) is 70.2 cm³/mol. The molecule has 0 saturated heterocycles. The number of nitrogens with zero attached hydrogens (tertiary/aromatic N) is 1. The van der Waals surface area contributed by atoms with Crippen molar-refractivity contribution in [2.24, 2.45) is 0 Å². The van der Waals surface area contributed by atoms with Crippen LogP contribution in [0.5, 0.6) is 0 Å². The van der Waals surface area contributed by atoms with E-state index in [0.717, 1.165) is 12.2 Å². The van der Waals surface area contributed by atoms with Crippen LogP contribution >= 0.6 is 11.9 Å². The largest absolute Gasteiger partial charge is 0.332 e. The third kappa shape index (κ3) is 4.47. The van der Waals surface area contributed by atoms with Crippen LogP contribution < -0.4 is 5.32 Å². The third-order valence-corrected chi connectivity index (χ3v) is 3.51. The van der Waals surface area contributed by atoms with E-state index < -0.39 is 0 Å². The fourth-order valence-electron chi connectivity index (χ4n) is 1.66. The van der Waals surface area contributed by atoms with Gasteiger partial charge in [0.1, 0.15) is 0 Å². The van der Waals surface area contributed by atoms with E-state index in [-0.39, 0.29) is 11.6 Å². The molecule has 0 unspecified atom stereocenters. The summed E-state index contributed by atoms with van der Waals surface area (Å²) in [7, 11) is 0. The van der Waals surface area contributed by atoms with Crippen LogP contribution in [0.3, 0.4) is 0 Å². The minimum Gasteiger partial charge on any atom is -0.332 e. The van der Waals surface area contributed by atoms with Gasteiger partial charge in [-0.1, -0.05) is 32.3 Å². The molecule has 2 amide bonds. The molecule has 0 bridgehead atoms. The normalized spacial score (nSPS) is 15.6. The summed E-state index contributed by atoms with van der Waals surface area (Å²) in [4.78, 5) is 11.8. The Morgan fingerprint density at radius 3 is 2.81 bits per heavy atom. The molecule has 1 N–H and O–H groups in total. The Labute approximate surface area is 103 Å². The summed E-state index contributed by atoms with van der Waals surface area (Å²) in [5.74, 6) is 0.893. The summed E-state index contributed by atoms with van der Waals surface area (Å²) in [6.07, 6.45) is 8.49. The second kappa shape index (κ2) is 6.18. The highest BCUT2D eigenvalue weighted by atomic mass is 32.2. The number of nitrogens with one attached hydrogen (secondary N) is 1. The lowest BCUT2D eigenvalue weighted by molar-refractivity contribution is 0.219. The molecule has 0 aromatic heterocycles. The maximum atomic E-state index is 11.8. The Bertz CT molecular complexity index is 264. The van der Waals surface area contributed by atoms with E-state index in [4.69, 9.17) is 0 Å². The molecule has 16 heavy (non-hydrogen) atoms. The number of carbonyl (C=O) groups is 1. The maximum absolute atomic E-state index is 11.8. The number of unbranched alkanes of at least 4 members (excludes halogenated alkanes) is 2. The minimum atomic E-state index is -0.108. The average Bonchev–Trinajstić information content (AvgIpc) is 2.69. The van der Waals surface area contributed by atoms with Gasteiger partial charge in [-0.2, -0.15) is 0 Å². The van der Waals surface area contributed by atoms with Crippen LogP contribution in [0.25, 0.3) is 0 Å². The van der Waals surface area contributed by atoms with Gasteiger partial charge in [-0.3, -0.25) is 0 Å². The lowest BCUT2D eigenvalue weighted by Gasteiger charge is -2.28. The summed E-state index contributed by atoms with van der Waals surface area (Å²) in [5.41, 5.74) is -0.108. The van der Waals surface area contributed by atoms with E-state index >= 15 is 0 Å². The van der Waals surface area contributed by atoms with Gasteiger partial charge in [0.2, 0.25) is 0 Å². The van der Waals surface area contributed by atoms with Crippen molar-refractivity contribution < 1.29 is 4.79 Å². The molecule has 4 heteroatoms. The van der Waals surface area contributed by atoms with Gasteiger partial charge in [0.15, 0.2) is 0 Å². The molecule has 0 aromatic rings. The van der Waals surface area contributed by atoms with Crippen molar-refractivity contribution in [1.29, 1.82) is 0 Å². The fraction of sp³-hybridized carbons (Fsp3) is 0.750. The SMILES string of the molecule is CCCCCC(C)(C)NC(=O)N1C=CCS1. The molecule has 1 aliphatic heterocycles. The lowest BCUT2D eigenvalue weighted by atomic mass is 9.97. The van der Waals surface area contributed by atoms with Crippen molar-refractivity contribution in [3.05, 3.63) is 12.3 Å². The van der Waals surface area contributed by atoms with Crippen LogP contribution in [-0.4, -0.2) is 21.6 Å². The van der Waals surface area contributed by atoms with E-state index in [1.807, 2.05) is 12.3 Å². The predicted octanol–water partition coefficient (Wildman–Crippen LogP) is 3.53. The maximum Gasteiger partial charge on any atom is 0.331 e.